The summed E-state index contributed by atoms with van der Waals surface area (Å²) in [5.74, 6) is -0.686. The van der Waals surface area contributed by atoms with Crippen LogP contribution in [0.3, 0.4) is 0 Å². The van der Waals surface area contributed by atoms with E-state index in [1.807, 2.05) is 13.8 Å². The van der Waals surface area contributed by atoms with E-state index < -0.39 is 5.60 Å². The summed E-state index contributed by atoms with van der Waals surface area (Å²) < 4.78 is 23.9. The van der Waals surface area contributed by atoms with Gasteiger partial charge in [-0.1, -0.05) is 0 Å². The molecule has 1 aromatic rings. The van der Waals surface area contributed by atoms with Crippen LogP contribution in [0.15, 0.2) is 12.1 Å². The van der Waals surface area contributed by atoms with Crippen LogP contribution < -0.4 is 0 Å². The molecule has 18 heavy (non-hydrogen) atoms. The Bertz CT molecular complexity index is 480. The highest BCUT2D eigenvalue weighted by Gasteiger charge is 2.32. The Balaban J connectivity index is 2.51. The van der Waals surface area contributed by atoms with E-state index in [1.165, 1.54) is 19.2 Å². The minimum absolute atomic E-state index is 0.0728. The summed E-state index contributed by atoms with van der Waals surface area (Å²) in [5, 5.41) is 0. The summed E-state index contributed by atoms with van der Waals surface area (Å²) in [5.41, 5.74) is 2.00. The number of rotatable bonds is 2. The molecule has 0 amide bonds. The first-order valence-corrected chi connectivity index (χ1v) is 5.96. The van der Waals surface area contributed by atoms with Crippen LogP contribution in [0.1, 0.15) is 30.5 Å². The molecule has 0 unspecified atom stereocenters. The number of halogens is 1. The third-order valence-corrected chi connectivity index (χ3v) is 3.27. The van der Waals surface area contributed by atoms with Crippen LogP contribution in [0.2, 0.25) is 0 Å². The normalized spacial score (nSPS) is 17.1. The lowest BCUT2D eigenvalue weighted by Crippen LogP contribution is -2.31. The van der Waals surface area contributed by atoms with Gasteiger partial charge in [0.1, 0.15) is 5.82 Å². The predicted octanol–water partition coefficient (Wildman–Crippen LogP) is 2.35. The maximum Gasteiger partial charge on any atom is 0.309 e. The zero-order chi connectivity index (χ0) is 13.3. The van der Waals surface area contributed by atoms with E-state index in [1.54, 1.807) is 0 Å². The average Bonchev–Trinajstić information content (AvgIpc) is 2.26. The molecule has 0 aromatic heterocycles. The second-order valence-electron chi connectivity index (χ2n) is 4.96. The molecule has 1 aliphatic rings. The number of methoxy groups -OCH3 is 1. The highest BCUT2D eigenvalue weighted by molar-refractivity contribution is 5.73. The molecule has 4 heteroatoms. The second-order valence-corrected chi connectivity index (χ2v) is 4.96. The fraction of sp³-hybridized carbons (Fsp3) is 0.500. The van der Waals surface area contributed by atoms with E-state index in [9.17, 15) is 9.18 Å². The van der Waals surface area contributed by atoms with E-state index in [2.05, 4.69) is 4.74 Å². The van der Waals surface area contributed by atoms with Crippen molar-refractivity contribution in [2.45, 2.75) is 32.3 Å². The molecule has 2 rings (SSSR count). The Hall–Kier alpha value is -1.42. The number of carbonyl (C=O) groups is 1. The molecule has 0 radical (unpaired) electrons. The van der Waals surface area contributed by atoms with Crippen molar-refractivity contribution in [1.82, 2.24) is 0 Å². The fourth-order valence-electron chi connectivity index (χ4n) is 2.55. The van der Waals surface area contributed by atoms with Gasteiger partial charge in [-0.25, -0.2) is 4.39 Å². The quantitative estimate of drug-likeness (QED) is 0.758. The second kappa shape index (κ2) is 4.69. The largest absolute Gasteiger partial charge is 0.469 e. The highest BCUT2D eigenvalue weighted by Crippen LogP contribution is 2.36. The molecule has 0 saturated heterocycles. The van der Waals surface area contributed by atoms with Crippen molar-refractivity contribution in [3.63, 3.8) is 0 Å². The Kier molecular flexibility index (Phi) is 3.39. The minimum Gasteiger partial charge on any atom is -0.469 e. The third-order valence-electron chi connectivity index (χ3n) is 3.27. The number of ether oxygens (including phenoxy) is 2. The molecule has 0 spiro atoms. The summed E-state index contributed by atoms with van der Waals surface area (Å²) in [6.45, 7) is 4.44. The van der Waals surface area contributed by atoms with Gasteiger partial charge in [-0.3, -0.25) is 4.79 Å². The highest BCUT2D eigenvalue weighted by atomic mass is 19.1. The molecule has 3 nitrogen and oxygen atoms in total. The molecule has 0 saturated carbocycles. The molecule has 0 bridgehead atoms. The Morgan fingerprint density at radius 3 is 2.89 bits per heavy atom. The molecule has 0 fully saturated rings. The summed E-state index contributed by atoms with van der Waals surface area (Å²) >= 11 is 0. The molecule has 0 atom stereocenters. The molecule has 98 valence electrons. The maximum atomic E-state index is 13.6. The molecular weight excluding hydrogens is 235 g/mol. The van der Waals surface area contributed by atoms with Crippen molar-refractivity contribution in [2.75, 3.05) is 13.7 Å². The number of carbonyl (C=O) groups excluding carboxylic acids is 1. The fourth-order valence-corrected chi connectivity index (χ4v) is 2.55. The van der Waals surface area contributed by atoms with Gasteiger partial charge in [-0.05, 0) is 49.1 Å². The van der Waals surface area contributed by atoms with Crippen molar-refractivity contribution >= 4 is 5.97 Å². The van der Waals surface area contributed by atoms with Crippen LogP contribution in [0.25, 0.3) is 0 Å². The van der Waals surface area contributed by atoms with Gasteiger partial charge in [-0.15, -0.1) is 0 Å². The first kappa shape index (κ1) is 13.0. The van der Waals surface area contributed by atoms with Gasteiger partial charge in [0, 0.05) is 0 Å². The lowest BCUT2D eigenvalue weighted by molar-refractivity contribution is -0.139. The minimum atomic E-state index is -0.495. The lowest BCUT2D eigenvalue weighted by Gasteiger charge is -2.34. The summed E-state index contributed by atoms with van der Waals surface area (Å²) in [6, 6.07) is 2.92. The first-order chi connectivity index (χ1) is 8.44. The first-order valence-electron chi connectivity index (χ1n) is 5.96. The van der Waals surface area contributed by atoms with Crippen LogP contribution >= 0.6 is 0 Å². The van der Waals surface area contributed by atoms with Crippen LogP contribution in [-0.4, -0.2) is 19.7 Å². The van der Waals surface area contributed by atoms with Crippen molar-refractivity contribution in [3.05, 3.63) is 34.6 Å². The molecule has 0 N–H and O–H groups in total. The lowest BCUT2D eigenvalue weighted by atomic mass is 9.84. The van der Waals surface area contributed by atoms with E-state index in [0.717, 1.165) is 11.1 Å². The van der Waals surface area contributed by atoms with Gasteiger partial charge in [0.05, 0.1) is 25.7 Å². The smallest absolute Gasteiger partial charge is 0.309 e. The summed E-state index contributed by atoms with van der Waals surface area (Å²) in [7, 11) is 1.33. The van der Waals surface area contributed by atoms with Crippen LogP contribution in [0, 0.1) is 5.82 Å². The van der Waals surface area contributed by atoms with E-state index in [4.69, 9.17) is 4.74 Å². The molecule has 1 aromatic carbocycles. The Morgan fingerprint density at radius 1 is 1.50 bits per heavy atom. The number of esters is 1. The van der Waals surface area contributed by atoms with Crippen molar-refractivity contribution in [2.24, 2.45) is 0 Å². The number of hydrogen-bond donors (Lipinski definition) is 0. The van der Waals surface area contributed by atoms with Gasteiger partial charge in [0.2, 0.25) is 0 Å². The predicted molar refractivity (Wildman–Crippen MR) is 64.8 cm³/mol. The molecule has 1 aliphatic heterocycles. The average molecular weight is 252 g/mol. The third kappa shape index (κ3) is 2.38. The van der Waals surface area contributed by atoms with Crippen molar-refractivity contribution < 1.29 is 18.7 Å². The zero-order valence-corrected chi connectivity index (χ0v) is 10.9. The zero-order valence-electron chi connectivity index (χ0n) is 10.9. The van der Waals surface area contributed by atoms with Crippen molar-refractivity contribution in [1.29, 1.82) is 0 Å². The monoisotopic (exact) mass is 252 g/mol. The Labute approximate surface area is 106 Å². The number of hydrogen-bond acceptors (Lipinski definition) is 3. The van der Waals surface area contributed by atoms with Gasteiger partial charge < -0.3 is 9.47 Å². The van der Waals surface area contributed by atoms with Crippen LogP contribution in [0.5, 0.6) is 0 Å². The number of benzene rings is 1. The molecule has 0 aliphatic carbocycles. The topological polar surface area (TPSA) is 35.5 Å². The summed E-state index contributed by atoms with van der Waals surface area (Å²) in [6.07, 6.45) is 0.744. The van der Waals surface area contributed by atoms with E-state index >= 15 is 0 Å². The standard InChI is InChI=1S/C14H17FO3/c1-14(2)13-9(4-5-18-14)6-11(15)7-10(13)8-12(16)17-3/h6-7H,4-5,8H2,1-3H3. The van der Waals surface area contributed by atoms with Gasteiger partial charge >= 0.3 is 5.97 Å². The maximum absolute atomic E-state index is 13.6. The van der Waals surface area contributed by atoms with Crippen LogP contribution in [0.4, 0.5) is 4.39 Å². The summed E-state index contributed by atoms with van der Waals surface area (Å²) in [4.78, 5) is 11.4. The SMILES string of the molecule is COC(=O)Cc1cc(F)cc2c1C(C)(C)OCC2. The Morgan fingerprint density at radius 2 is 2.22 bits per heavy atom. The van der Waals surface area contributed by atoms with Gasteiger partial charge in [0.15, 0.2) is 0 Å². The molecule has 1 heterocycles. The number of fused-ring (bicyclic) bond motifs is 1. The van der Waals surface area contributed by atoms with Crippen molar-refractivity contribution in [3.8, 4) is 0 Å². The van der Waals surface area contributed by atoms with E-state index in [-0.39, 0.29) is 18.2 Å². The van der Waals surface area contributed by atoms with Gasteiger partial charge in [-0.2, -0.15) is 0 Å². The van der Waals surface area contributed by atoms with Crippen LogP contribution in [-0.2, 0) is 32.7 Å². The molecular formula is C14H17FO3. The van der Waals surface area contributed by atoms with E-state index in [0.29, 0.717) is 18.6 Å². The van der Waals surface area contributed by atoms with Gasteiger partial charge in [0.25, 0.3) is 0 Å².